The van der Waals surface area contributed by atoms with Gasteiger partial charge in [-0.1, -0.05) is 6.92 Å². The number of rotatable bonds is 5. The molecule has 0 fully saturated rings. The molecule has 17 heavy (non-hydrogen) atoms. The zero-order valence-corrected chi connectivity index (χ0v) is 10.1. The number of terminal acetylenes is 1. The van der Waals surface area contributed by atoms with Crippen molar-refractivity contribution in [1.29, 1.82) is 0 Å². The van der Waals surface area contributed by atoms with Crippen LogP contribution in [0.5, 0.6) is 0 Å². The molecular weight excluding hydrogens is 220 g/mol. The second kappa shape index (κ2) is 6.36. The summed E-state index contributed by atoms with van der Waals surface area (Å²) in [4.78, 5) is 0. The van der Waals surface area contributed by atoms with Crippen molar-refractivity contribution in [2.45, 2.75) is 38.8 Å². The lowest BCUT2D eigenvalue weighted by molar-refractivity contribution is 0.445. The minimum Gasteiger partial charge on any atom is -0.307 e. The summed E-state index contributed by atoms with van der Waals surface area (Å²) in [6.07, 6.45) is 6.75. The Morgan fingerprint density at radius 2 is 1.88 bits per heavy atom. The third-order valence-electron chi connectivity index (χ3n) is 2.73. The third-order valence-corrected chi connectivity index (χ3v) is 2.73. The van der Waals surface area contributed by atoms with Crippen molar-refractivity contribution in [2.75, 3.05) is 0 Å². The molecule has 0 amide bonds. The summed E-state index contributed by atoms with van der Waals surface area (Å²) in [6, 6.07) is 3.58. The monoisotopic (exact) mass is 237 g/mol. The van der Waals surface area contributed by atoms with Gasteiger partial charge in [0.05, 0.1) is 0 Å². The molecule has 0 spiro atoms. The van der Waals surface area contributed by atoms with E-state index in [1.807, 2.05) is 13.8 Å². The van der Waals surface area contributed by atoms with Crippen molar-refractivity contribution in [3.63, 3.8) is 0 Å². The van der Waals surface area contributed by atoms with Crippen LogP contribution in [0.25, 0.3) is 0 Å². The summed E-state index contributed by atoms with van der Waals surface area (Å²) in [5.74, 6) is 1.47. The topological polar surface area (TPSA) is 12.0 Å². The van der Waals surface area contributed by atoms with Crippen molar-refractivity contribution >= 4 is 0 Å². The molecule has 1 nitrogen and oxygen atoms in total. The third kappa shape index (κ3) is 4.16. The number of halogens is 2. The first-order valence-electron chi connectivity index (χ1n) is 5.72. The van der Waals surface area contributed by atoms with Gasteiger partial charge in [-0.3, -0.25) is 0 Å². The van der Waals surface area contributed by atoms with Gasteiger partial charge >= 0.3 is 0 Å². The van der Waals surface area contributed by atoms with Crippen molar-refractivity contribution in [3.05, 3.63) is 35.4 Å². The normalized spacial score (nSPS) is 14.1. The van der Waals surface area contributed by atoms with Gasteiger partial charge in [0.1, 0.15) is 11.6 Å². The molecule has 0 heterocycles. The van der Waals surface area contributed by atoms with Gasteiger partial charge in [0.15, 0.2) is 0 Å². The Kier molecular flexibility index (Phi) is 5.11. The number of hydrogen-bond acceptors (Lipinski definition) is 1. The highest BCUT2D eigenvalue weighted by atomic mass is 19.1. The lowest BCUT2D eigenvalue weighted by Gasteiger charge is -2.21. The fourth-order valence-electron chi connectivity index (χ4n) is 1.74. The number of hydrogen-bond donors (Lipinski definition) is 1. The smallest absolute Gasteiger partial charge is 0.126 e. The minimum absolute atomic E-state index is 0.126. The summed E-state index contributed by atoms with van der Waals surface area (Å²) in [7, 11) is 0. The maximum atomic E-state index is 13.1. The highest BCUT2D eigenvalue weighted by Crippen LogP contribution is 2.17. The highest BCUT2D eigenvalue weighted by molar-refractivity contribution is 5.21. The van der Waals surface area contributed by atoms with Gasteiger partial charge in [0.2, 0.25) is 0 Å². The van der Waals surface area contributed by atoms with E-state index < -0.39 is 11.6 Å². The average molecular weight is 237 g/mol. The van der Waals surface area contributed by atoms with Gasteiger partial charge in [0, 0.05) is 24.6 Å². The van der Waals surface area contributed by atoms with Crippen LogP contribution in [0.2, 0.25) is 0 Å². The van der Waals surface area contributed by atoms with Crippen LogP contribution in [-0.4, -0.2) is 6.04 Å². The van der Waals surface area contributed by atoms with Crippen LogP contribution in [0, 0.1) is 24.0 Å². The summed E-state index contributed by atoms with van der Waals surface area (Å²) in [5, 5.41) is 3.26. The second-order valence-electron chi connectivity index (χ2n) is 4.10. The molecule has 0 aliphatic heterocycles. The first-order valence-corrected chi connectivity index (χ1v) is 5.72. The van der Waals surface area contributed by atoms with Crippen LogP contribution < -0.4 is 5.32 Å². The first kappa shape index (κ1) is 13.7. The Morgan fingerprint density at radius 1 is 1.29 bits per heavy atom. The zero-order chi connectivity index (χ0) is 12.8. The summed E-state index contributed by atoms with van der Waals surface area (Å²) in [5.41, 5.74) is 0.595. The Morgan fingerprint density at radius 3 is 2.35 bits per heavy atom. The molecule has 0 saturated carbocycles. The van der Waals surface area contributed by atoms with Crippen LogP contribution in [0.1, 0.15) is 38.3 Å². The maximum absolute atomic E-state index is 13.1. The molecule has 1 rings (SSSR count). The lowest BCUT2D eigenvalue weighted by atomic mass is 10.0. The van der Waals surface area contributed by atoms with E-state index in [9.17, 15) is 8.78 Å². The lowest BCUT2D eigenvalue weighted by Crippen LogP contribution is -2.30. The Hall–Kier alpha value is -1.40. The Labute approximate surface area is 101 Å². The molecule has 0 bridgehead atoms. The van der Waals surface area contributed by atoms with Gasteiger partial charge in [-0.25, -0.2) is 8.78 Å². The summed E-state index contributed by atoms with van der Waals surface area (Å²) < 4.78 is 26.1. The molecule has 0 radical (unpaired) electrons. The number of nitrogens with one attached hydrogen (secondary N) is 1. The van der Waals surface area contributed by atoms with Crippen LogP contribution in [0.3, 0.4) is 0 Å². The Balaban J connectivity index is 2.75. The van der Waals surface area contributed by atoms with Gasteiger partial charge in [-0.05, 0) is 31.0 Å². The van der Waals surface area contributed by atoms with E-state index in [0.717, 1.165) is 12.5 Å². The molecule has 1 aromatic rings. The maximum Gasteiger partial charge on any atom is 0.126 e. The van der Waals surface area contributed by atoms with E-state index in [0.29, 0.717) is 12.0 Å². The predicted molar refractivity (Wildman–Crippen MR) is 65.4 cm³/mol. The van der Waals surface area contributed by atoms with E-state index in [2.05, 4.69) is 11.2 Å². The molecule has 2 atom stereocenters. The molecule has 1 N–H and O–H groups in total. The fraction of sp³-hybridized carbons (Fsp3) is 0.429. The molecule has 92 valence electrons. The van der Waals surface area contributed by atoms with E-state index >= 15 is 0 Å². The summed E-state index contributed by atoms with van der Waals surface area (Å²) >= 11 is 0. The van der Waals surface area contributed by atoms with Crippen molar-refractivity contribution in [3.8, 4) is 12.3 Å². The zero-order valence-electron chi connectivity index (χ0n) is 10.1. The average Bonchev–Trinajstić information content (AvgIpc) is 2.27. The van der Waals surface area contributed by atoms with Gasteiger partial charge in [0.25, 0.3) is 0 Å². The molecule has 0 saturated heterocycles. The van der Waals surface area contributed by atoms with Crippen molar-refractivity contribution in [1.82, 2.24) is 5.32 Å². The fourth-order valence-corrected chi connectivity index (χ4v) is 1.74. The quantitative estimate of drug-likeness (QED) is 0.774. The van der Waals surface area contributed by atoms with Crippen molar-refractivity contribution < 1.29 is 8.78 Å². The van der Waals surface area contributed by atoms with E-state index in [1.54, 1.807) is 0 Å². The number of benzene rings is 1. The highest BCUT2D eigenvalue weighted by Gasteiger charge is 2.12. The minimum atomic E-state index is -0.557. The SMILES string of the molecule is C#CCC(CC)NC(C)c1cc(F)cc(F)c1. The predicted octanol–water partition coefficient (Wildman–Crippen LogP) is 3.42. The van der Waals surface area contributed by atoms with Crippen LogP contribution in [0.15, 0.2) is 18.2 Å². The first-order chi connectivity index (χ1) is 8.06. The second-order valence-corrected chi connectivity index (χ2v) is 4.10. The van der Waals surface area contributed by atoms with E-state index in [4.69, 9.17) is 6.42 Å². The van der Waals surface area contributed by atoms with Crippen LogP contribution in [-0.2, 0) is 0 Å². The molecule has 0 aromatic heterocycles. The largest absolute Gasteiger partial charge is 0.307 e. The van der Waals surface area contributed by atoms with E-state index in [-0.39, 0.29) is 12.1 Å². The molecule has 3 heteroatoms. The van der Waals surface area contributed by atoms with Gasteiger partial charge < -0.3 is 5.32 Å². The van der Waals surface area contributed by atoms with E-state index in [1.165, 1.54) is 12.1 Å². The standard InChI is InChI=1S/C14H17F2N/c1-4-6-14(5-2)17-10(3)11-7-12(15)9-13(16)8-11/h1,7-10,14,17H,5-6H2,2-3H3. The Bertz CT molecular complexity index is 389. The van der Waals surface area contributed by atoms with Gasteiger partial charge in [-0.15, -0.1) is 12.3 Å². The van der Waals surface area contributed by atoms with Crippen LogP contribution >= 0.6 is 0 Å². The molecule has 1 aromatic carbocycles. The summed E-state index contributed by atoms with van der Waals surface area (Å²) in [6.45, 7) is 3.89. The van der Waals surface area contributed by atoms with Crippen molar-refractivity contribution in [2.24, 2.45) is 0 Å². The molecule has 2 unspecified atom stereocenters. The van der Waals surface area contributed by atoms with Crippen LogP contribution in [0.4, 0.5) is 8.78 Å². The molecular formula is C14H17F2N. The van der Waals surface area contributed by atoms with Gasteiger partial charge in [-0.2, -0.15) is 0 Å². The molecule has 0 aliphatic rings. The molecule has 0 aliphatic carbocycles.